The highest BCUT2D eigenvalue weighted by molar-refractivity contribution is 5.89. The van der Waals surface area contributed by atoms with E-state index >= 15 is 0 Å². The Hall–Kier alpha value is -2.02. The second-order valence-electron chi connectivity index (χ2n) is 3.87. The maximum atomic E-state index is 10.9. The molecular weight excluding hydrogens is 214 g/mol. The van der Waals surface area contributed by atoms with E-state index in [4.69, 9.17) is 5.26 Å². The number of amides is 1. The van der Waals surface area contributed by atoms with Gasteiger partial charge in [-0.1, -0.05) is 13.0 Å². The van der Waals surface area contributed by atoms with Gasteiger partial charge in [-0.2, -0.15) is 5.26 Å². The van der Waals surface area contributed by atoms with Crippen molar-refractivity contribution in [2.75, 3.05) is 10.6 Å². The Morgan fingerprint density at radius 1 is 1.47 bits per heavy atom. The number of benzene rings is 1. The quantitative estimate of drug-likeness (QED) is 0.818. The maximum Gasteiger partial charge on any atom is 0.221 e. The van der Waals surface area contributed by atoms with Crippen molar-refractivity contribution in [1.29, 1.82) is 5.26 Å². The van der Waals surface area contributed by atoms with E-state index in [0.29, 0.717) is 6.42 Å². The fourth-order valence-electron chi connectivity index (χ4n) is 1.53. The van der Waals surface area contributed by atoms with Gasteiger partial charge in [0.2, 0.25) is 5.91 Å². The first-order chi connectivity index (χ1) is 8.15. The molecule has 1 rings (SSSR count). The summed E-state index contributed by atoms with van der Waals surface area (Å²) in [5.74, 6) is -0.0915. The lowest BCUT2D eigenvalue weighted by molar-refractivity contribution is -0.114. The van der Waals surface area contributed by atoms with Gasteiger partial charge in [0.05, 0.1) is 12.5 Å². The molecule has 0 aliphatic heterocycles. The lowest BCUT2D eigenvalue weighted by Crippen LogP contribution is -2.17. The number of hydrogen-bond acceptors (Lipinski definition) is 3. The summed E-state index contributed by atoms with van der Waals surface area (Å²) in [6.07, 6.45) is 1.36. The number of nitrogens with one attached hydrogen (secondary N) is 2. The van der Waals surface area contributed by atoms with Crippen molar-refractivity contribution in [2.45, 2.75) is 32.7 Å². The van der Waals surface area contributed by atoms with Gasteiger partial charge in [-0.25, -0.2) is 0 Å². The molecule has 0 aliphatic carbocycles. The zero-order valence-electron chi connectivity index (χ0n) is 10.2. The Bertz CT molecular complexity index is 423. The third-order valence-corrected chi connectivity index (χ3v) is 2.38. The van der Waals surface area contributed by atoms with Crippen LogP contribution < -0.4 is 10.6 Å². The third kappa shape index (κ3) is 4.56. The summed E-state index contributed by atoms with van der Waals surface area (Å²) < 4.78 is 0. The molecule has 0 radical (unpaired) electrons. The second-order valence-corrected chi connectivity index (χ2v) is 3.87. The van der Waals surface area contributed by atoms with Crippen LogP contribution in [0.4, 0.5) is 11.4 Å². The molecule has 0 heterocycles. The van der Waals surface area contributed by atoms with E-state index in [-0.39, 0.29) is 11.9 Å². The van der Waals surface area contributed by atoms with Gasteiger partial charge < -0.3 is 10.6 Å². The molecule has 4 heteroatoms. The van der Waals surface area contributed by atoms with Crippen LogP contribution in [0.2, 0.25) is 0 Å². The van der Waals surface area contributed by atoms with Crippen LogP contribution in [0.15, 0.2) is 24.3 Å². The van der Waals surface area contributed by atoms with E-state index in [1.807, 2.05) is 31.2 Å². The summed E-state index contributed by atoms with van der Waals surface area (Å²) in [5.41, 5.74) is 1.67. The first-order valence-electron chi connectivity index (χ1n) is 5.66. The topological polar surface area (TPSA) is 64.9 Å². The van der Waals surface area contributed by atoms with Crippen molar-refractivity contribution in [2.24, 2.45) is 0 Å². The third-order valence-electron chi connectivity index (χ3n) is 2.38. The molecular formula is C13H17N3O. The molecule has 1 aromatic rings. The molecule has 1 amide bonds. The van der Waals surface area contributed by atoms with Crippen LogP contribution in [0.25, 0.3) is 0 Å². The molecule has 0 aliphatic rings. The van der Waals surface area contributed by atoms with Gasteiger partial charge in [0.1, 0.15) is 0 Å². The zero-order valence-corrected chi connectivity index (χ0v) is 10.2. The first kappa shape index (κ1) is 13.0. The molecule has 0 fully saturated rings. The van der Waals surface area contributed by atoms with Gasteiger partial charge in [-0.3, -0.25) is 4.79 Å². The predicted molar refractivity (Wildman–Crippen MR) is 68.7 cm³/mol. The van der Waals surface area contributed by atoms with Crippen molar-refractivity contribution in [3.63, 3.8) is 0 Å². The Labute approximate surface area is 102 Å². The van der Waals surface area contributed by atoms with Gasteiger partial charge >= 0.3 is 0 Å². The molecule has 1 atom stereocenters. The van der Waals surface area contributed by atoms with Gasteiger partial charge in [0, 0.05) is 24.3 Å². The molecule has 2 N–H and O–H groups in total. The number of hydrogen-bond donors (Lipinski definition) is 2. The molecule has 0 saturated heterocycles. The van der Waals surface area contributed by atoms with E-state index in [1.54, 1.807) is 0 Å². The zero-order chi connectivity index (χ0) is 12.7. The van der Waals surface area contributed by atoms with Gasteiger partial charge in [-0.05, 0) is 24.6 Å². The van der Waals surface area contributed by atoms with Crippen molar-refractivity contribution in [1.82, 2.24) is 0 Å². The summed E-state index contributed by atoms with van der Waals surface area (Å²) in [5, 5.41) is 14.7. The fourth-order valence-corrected chi connectivity index (χ4v) is 1.53. The molecule has 1 unspecified atom stereocenters. The smallest absolute Gasteiger partial charge is 0.221 e. The molecule has 90 valence electrons. The van der Waals surface area contributed by atoms with E-state index in [9.17, 15) is 4.79 Å². The Morgan fingerprint density at radius 3 is 2.76 bits per heavy atom. The molecule has 0 aromatic heterocycles. The Kier molecular flexibility index (Phi) is 5.02. The van der Waals surface area contributed by atoms with Gasteiger partial charge in [0.25, 0.3) is 0 Å². The standard InChI is InChI=1S/C13H17N3O/c1-3-11(7-8-14)16-13-6-4-5-12(9-13)15-10(2)17/h4-6,9,11,16H,3,7H2,1-2H3,(H,15,17). The average molecular weight is 231 g/mol. The summed E-state index contributed by atoms with van der Waals surface area (Å²) in [6, 6.07) is 9.78. The van der Waals surface area contributed by atoms with Crippen LogP contribution in [0.1, 0.15) is 26.7 Å². The Morgan fingerprint density at radius 2 is 2.18 bits per heavy atom. The van der Waals surface area contributed by atoms with Crippen molar-refractivity contribution >= 4 is 17.3 Å². The maximum absolute atomic E-state index is 10.9. The SMILES string of the molecule is CCC(CC#N)Nc1cccc(NC(C)=O)c1. The van der Waals surface area contributed by atoms with Crippen LogP contribution in [0.5, 0.6) is 0 Å². The minimum Gasteiger partial charge on any atom is -0.381 e. The summed E-state index contributed by atoms with van der Waals surface area (Å²) in [4.78, 5) is 10.9. The monoisotopic (exact) mass is 231 g/mol. The lowest BCUT2D eigenvalue weighted by Gasteiger charge is -2.15. The average Bonchev–Trinajstić information content (AvgIpc) is 2.28. The minimum absolute atomic E-state index is 0.0915. The lowest BCUT2D eigenvalue weighted by atomic mass is 10.1. The normalized spacial score (nSPS) is 11.4. The number of nitriles is 1. The molecule has 1 aromatic carbocycles. The molecule has 4 nitrogen and oxygen atoms in total. The van der Waals surface area contributed by atoms with Gasteiger partial charge in [0.15, 0.2) is 0 Å². The van der Waals surface area contributed by atoms with Crippen LogP contribution in [0.3, 0.4) is 0 Å². The van der Waals surface area contributed by atoms with Crippen molar-refractivity contribution in [3.05, 3.63) is 24.3 Å². The van der Waals surface area contributed by atoms with E-state index in [1.165, 1.54) is 6.92 Å². The summed E-state index contributed by atoms with van der Waals surface area (Å²) in [7, 11) is 0. The summed E-state index contributed by atoms with van der Waals surface area (Å²) in [6.45, 7) is 3.51. The van der Waals surface area contributed by atoms with E-state index in [2.05, 4.69) is 16.7 Å². The highest BCUT2D eigenvalue weighted by Crippen LogP contribution is 2.17. The van der Waals surface area contributed by atoms with Crippen LogP contribution >= 0.6 is 0 Å². The molecule has 0 spiro atoms. The number of rotatable bonds is 5. The number of nitrogens with zero attached hydrogens (tertiary/aromatic N) is 1. The van der Waals surface area contributed by atoms with E-state index in [0.717, 1.165) is 17.8 Å². The largest absolute Gasteiger partial charge is 0.381 e. The van der Waals surface area contributed by atoms with E-state index < -0.39 is 0 Å². The molecule has 17 heavy (non-hydrogen) atoms. The predicted octanol–water partition coefficient (Wildman–Crippen LogP) is 2.75. The highest BCUT2D eigenvalue weighted by atomic mass is 16.1. The summed E-state index contributed by atoms with van der Waals surface area (Å²) >= 11 is 0. The van der Waals surface area contributed by atoms with Gasteiger partial charge in [-0.15, -0.1) is 0 Å². The van der Waals surface area contributed by atoms with Crippen LogP contribution in [-0.2, 0) is 4.79 Å². The Balaban J connectivity index is 2.71. The number of carbonyl (C=O) groups is 1. The first-order valence-corrected chi connectivity index (χ1v) is 5.66. The van der Waals surface area contributed by atoms with Crippen molar-refractivity contribution < 1.29 is 4.79 Å². The number of carbonyl (C=O) groups excluding carboxylic acids is 1. The highest BCUT2D eigenvalue weighted by Gasteiger charge is 2.05. The second kappa shape index (κ2) is 6.54. The fraction of sp³-hybridized carbons (Fsp3) is 0.385. The number of anilines is 2. The minimum atomic E-state index is -0.0915. The van der Waals surface area contributed by atoms with Crippen LogP contribution in [-0.4, -0.2) is 11.9 Å². The molecule has 0 saturated carbocycles. The van der Waals surface area contributed by atoms with Crippen LogP contribution in [0, 0.1) is 11.3 Å². The van der Waals surface area contributed by atoms with Crippen molar-refractivity contribution in [3.8, 4) is 6.07 Å². The molecule has 0 bridgehead atoms.